The van der Waals surface area contributed by atoms with Crippen LogP contribution in [0.25, 0.3) is 0 Å². The van der Waals surface area contributed by atoms with Gasteiger partial charge >= 0.3 is 0 Å². The molecule has 30 heavy (non-hydrogen) atoms. The van der Waals surface area contributed by atoms with Crippen LogP contribution in [-0.2, 0) is 11.2 Å². The summed E-state index contributed by atoms with van der Waals surface area (Å²) in [4.78, 5) is 12.0. The van der Waals surface area contributed by atoms with Crippen LogP contribution in [0.5, 0.6) is 17.2 Å². The lowest BCUT2D eigenvalue weighted by molar-refractivity contribution is -0.121. The van der Waals surface area contributed by atoms with Crippen molar-refractivity contribution in [2.45, 2.75) is 39.0 Å². The van der Waals surface area contributed by atoms with E-state index < -0.39 is 0 Å². The molecule has 0 radical (unpaired) electrons. The zero-order valence-corrected chi connectivity index (χ0v) is 17.8. The van der Waals surface area contributed by atoms with Gasteiger partial charge in [0.25, 0.3) is 0 Å². The molecule has 0 aromatic heterocycles. The second-order valence-corrected chi connectivity index (χ2v) is 6.88. The van der Waals surface area contributed by atoms with Crippen molar-refractivity contribution in [3.8, 4) is 23.3 Å². The lowest BCUT2D eigenvalue weighted by atomic mass is 10.1. The molecule has 2 aromatic carbocycles. The van der Waals surface area contributed by atoms with Crippen LogP contribution in [-0.4, -0.2) is 32.8 Å². The predicted octanol–water partition coefficient (Wildman–Crippen LogP) is 4.26. The maximum atomic E-state index is 12.0. The number of methoxy groups -OCH3 is 1. The Morgan fingerprint density at radius 2 is 1.80 bits per heavy atom. The van der Waals surface area contributed by atoms with Gasteiger partial charge in [0.05, 0.1) is 32.0 Å². The van der Waals surface area contributed by atoms with Gasteiger partial charge in [-0.25, -0.2) is 0 Å². The first-order chi connectivity index (χ1) is 14.7. The van der Waals surface area contributed by atoms with Gasteiger partial charge in [-0.1, -0.05) is 25.5 Å². The summed E-state index contributed by atoms with van der Waals surface area (Å²) in [7, 11) is 1.53. The van der Waals surface area contributed by atoms with E-state index in [1.165, 1.54) is 7.11 Å². The van der Waals surface area contributed by atoms with Crippen molar-refractivity contribution < 1.29 is 19.0 Å². The fraction of sp³-hybridized carbons (Fsp3) is 0.417. The highest BCUT2D eigenvalue weighted by atomic mass is 16.5. The van der Waals surface area contributed by atoms with E-state index in [1.807, 2.05) is 24.3 Å². The third-order valence-electron chi connectivity index (χ3n) is 4.52. The Kier molecular flexibility index (Phi) is 10.1. The normalized spacial score (nSPS) is 10.2. The molecule has 0 aliphatic carbocycles. The molecule has 2 rings (SSSR count). The molecule has 0 spiro atoms. The van der Waals surface area contributed by atoms with E-state index in [0.29, 0.717) is 43.1 Å². The molecule has 0 saturated heterocycles. The molecule has 0 bridgehead atoms. The first-order valence-corrected chi connectivity index (χ1v) is 10.4. The van der Waals surface area contributed by atoms with Crippen molar-refractivity contribution in [2.75, 3.05) is 26.9 Å². The van der Waals surface area contributed by atoms with Gasteiger partial charge in [-0.15, -0.1) is 0 Å². The first-order valence-electron chi connectivity index (χ1n) is 10.4. The number of carbonyl (C=O) groups excluding carboxylic acids is 1. The first kappa shape index (κ1) is 23.1. The minimum atomic E-state index is 0.00455. The van der Waals surface area contributed by atoms with Gasteiger partial charge in [0.15, 0.2) is 11.5 Å². The van der Waals surface area contributed by atoms with Crippen molar-refractivity contribution in [1.82, 2.24) is 5.32 Å². The van der Waals surface area contributed by atoms with Crippen LogP contribution in [0.15, 0.2) is 42.5 Å². The maximum absolute atomic E-state index is 12.0. The van der Waals surface area contributed by atoms with E-state index in [4.69, 9.17) is 19.5 Å². The van der Waals surface area contributed by atoms with Gasteiger partial charge in [-0.3, -0.25) is 4.79 Å². The summed E-state index contributed by atoms with van der Waals surface area (Å²) in [6, 6.07) is 15.1. The van der Waals surface area contributed by atoms with E-state index in [9.17, 15) is 4.79 Å². The minimum absolute atomic E-state index is 0.00455. The van der Waals surface area contributed by atoms with Crippen LogP contribution >= 0.6 is 0 Å². The summed E-state index contributed by atoms with van der Waals surface area (Å²) in [5.74, 6) is 1.97. The number of ether oxygens (including phenoxy) is 3. The van der Waals surface area contributed by atoms with Crippen LogP contribution in [0.1, 0.15) is 43.7 Å². The number of nitrogens with zero attached hydrogens (tertiary/aromatic N) is 1. The van der Waals surface area contributed by atoms with Crippen molar-refractivity contribution in [1.29, 1.82) is 5.26 Å². The summed E-state index contributed by atoms with van der Waals surface area (Å²) in [5.41, 5.74) is 1.67. The number of benzene rings is 2. The fourth-order valence-corrected chi connectivity index (χ4v) is 2.79. The molecular formula is C24H30N2O4. The number of hydrogen-bond donors (Lipinski definition) is 1. The third-order valence-corrected chi connectivity index (χ3v) is 4.52. The molecule has 2 aromatic rings. The molecule has 0 unspecified atom stereocenters. The van der Waals surface area contributed by atoms with Crippen LogP contribution in [0.2, 0.25) is 0 Å². The molecule has 6 heteroatoms. The molecule has 1 N–H and O–H groups in total. The van der Waals surface area contributed by atoms with Gasteiger partial charge in [-0.2, -0.15) is 5.26 Å². The Hall–Kier alpha value is -3.20. The fourth-order valence-electron chi connectivity index (χ4n) is 2.79. The zero-order valence-electron chi connectivity index (χ0n) is 17.8. The third kappa shape index (κ3) is 8.04. The van der Waals surface area contributed by atoms with E-state index >= 15 is 0 Å². The molecule has 1 amide bonds. The lowest BCUT2D eigenvalue weighted by Gasteiger charge is -2.11. The van der Waals surface area contributed by atoms with E-state index in [1.54, 1.807) is 18.2 Å². The largest absolute Gasteiger partial charge is 0.494 e. The summed E-state index contributed by atoms with van der Waals surface area (Å²) in [6.07, 6.45) is 3.94. The SMILES string of the molecule is CCCCOc1ccc(CCNC(=O)CCCOc2ccc(C#N)cc2OC)cc1. The average Bonchev–Trinajstić information content (AvgIpc) is 2.78. The molecule has 6 nitrogen and oxygen atoms in total. The molecule has 0 atom stereocenters. The number of nitrogens with one attached hydrogen (secondary N) is 1. The number of hydrogen-bond acceptors (Lipinski definition) is 5. The van der Waals surface area contributed by atoms with Gasteiger partial charge in [-0.05, 0) is 49.1 Å². The van der Waals surface area contributed by atoms with Gasteiger partial charge < -0.3 is 19.5 Å². The Morgan fingerprint density at radius 1 is 1.03 bits per heavy atom. The summed E-state index contributed by atoms with van der Waals surface area (Å²) >= 11 is 0. The summed E-state index contributed by atoms with van der Waals surface area (Å²) < 4.78 is 16.6. The number of unbranched alkanes of at least 4 members (excludes halogenated alkanes) is 1. The summed E-state index contributed by atoms with van der Waals surface area (Å²) in [6.45, 7) is 3.88. The predicted molar refractivity (Wildman–Crippen MR) is 116 cm³/mol. The second kappa shape index (κ2) is 13.1. The molecule has 0 saturated carbocycles. The Morgan fingerprint density at radius 3 is 2.50 bits per heavy atom. The number of nitriles is 1. The van der Waals surface area contributed by atoms with Gasteiger partial charge in [0.1, 0.15) is 5.75 Å². The Bertz CT molecular complexity index is 828. The molecule has 160 valence electrons. The highest BCUT2D eigenvalue weighted by Gasteiger charge is 2.07. The quantitative estimate of drug-likeness (QED) is 0.499. The monoisotopic (exact) mass is 410 g/mol. The zero-order chi connectivity index (χ0) is 21.6. The number of carbonyl (C=O) groups is 1. The maximum Gasteiger partial charge on any atom is 0.220 e. The van der Waals surface area contributed by atoms with Crippen molar-refractivity contribution in [2.24, 2.45) is 0 Å². The standard InChI is InChI=1S/C24H30N2O4/c1-3-4-15-29-21-10-7-19(8-11-21)13-14-26-24(27)6-5-16-30-22-12-9-20(18-25)17-23(22)28-2/h7-12,17H,3-6,13-16H2,1-2H3,(H,26,27). The molecular weight excluding hydrogens is 380 g/mol. The second-order valence-electron chi connectivity index (χ2n) is 6.88. The Labute approximate surface area is 178 Å². The topological polar surface area (TPSA) is 80.6 Å². The summed E-state index contributed by atoms with van der Waals surface area (Å²) in [5, 5.41) is 11.9. The van der Waals surface area contributed by atoms with Crippen LogP contribution < -0.4 is 19.5 Å². The van der Waals surface area contributed by atoms with E-state index in [0.717, 1.165) is 37.2 Å². The molecule has 0 fully saturated rings. The molecule has 0 aliphatic rings. The molecule has 0 aliphatic heterocycles. The van der Waals surface area contributed by atoms with Crippen molar-refractivity contribution >= 4 is 5.91 Å². The number of rotatable bonds is 13. The van der Waals surface area contributed by atoms with E-state index in [-0.39, 0.29) is 5.91 Å². The highest BCUT2D eigenvalue weighted by Crippen LogP contribution is 2.27. The molecule has 0 heterocycles. The van der Waals surface area contributed by atoms with Crippen LogP contribution in [0.3, 0.4) is 0 Å². The minimum Gasteiger partial charge on any atom is -0.494 e. The van der Waals surface area contributed by atoms with Crippen molar-refractivity contribution in [3.05, 3.63) is 53.6 Å². The van der Waals surface area contributed by atoms with Gasteiger partial charge in [0.2, 0.25) is 5.91 Å². The number of amides is 1. The lowest BCUT2D eigenvalue weighted by Crippen LogP contribution is -2.25. The van der Waals surface area contributed by atoms with Crippen molar-refractivity contribution in [3.63, 3.8) is 0 Å². The van der Waals surface area contributed by atoms with Crippen LogP contribution in [0.4, 0.5) is 0 Å². The smallest absolute Gasteiger partial charge is 0.220 e. The van der Waals surface area contributed by atoms with Crippen LogP contribution in [0, 0.1) is 11.3 Å². The Balaban J connectivity index is 1.62. The highest BCUT2D eigenvalue weighted by molar-refractivity contribution is 5.75. The van der Waals surface area contributed by atoms with Gasteiger partial charge in [0, 0.05) is 19.0 Å². The average molecular weight is 411 g/mol. The van der Waals surface area contributed by atoms with E-state index in [2.05, 4.69) is 18.3 Å².